The Labute approximate surface area is 181 Å². The number of aryl methyl sites for hydroxylation is 1. The van der Waals surface area contributed by atoms with Gasteiger partial charge in [-0.1, -0.05) is 17.7 Å². The third-order valence-corrected chi connectivity index (χ3v) is 6.85. The Bertz CT molecular complexity index is 1140. The van der Waals surface area contributed by atoms with E-state index in [-0.39, 0.29) is 18.2 Å². The summed E-state index contributed by atoms with van der Waals surface area (Å²) < 4.78 is 25.3. The van der Waals surface area contributed by atoms with Crippen LogP contribution in [0, 0.1) is 6.92 Å². The van der Waals surface area contributed by atoms with Crippen molar-refractivity contribution < 1.29 is 13.2 Å². The van der Waals surface area contributed by atoms with Gasteiger partial charge in [-0.25, -0.2) is 13.6 Å². The predicted molar refractivity (Wildman–Crippen MR) is 116 cm³/mol. The Kier molecular flexibility index (Phi) is 6.59. The number of nitrogens with zero attached hydrogens (tertiary/aromatic N) is 2. The summed E-state index contributed by atoms with van der Waals surface area (Å²) in [5.41, 5.74) is 2.30. The van der Waals surface area contributed by atoms with Gasteiger partial charge in [0.15, 0.2) is 0 Å². The maximum absolute atomic E-state index is 13.1. The minimum Gasteiger partial charge on any atom is -0.343 e. The standard InChI is InChI=1S/C20H20ClN3O3S.ClH/c1-13-11-17(20(2,28(22,26)27)15-5-4-10-23-12-15)24(3)18(13)19(25)14-6-8-16(21)9-7-14;/h4-12H,1-3H3,(H2,22,26,27);1H. The molecule has 3 rings (SSSR count). The third kappa shape index (κ3) is 3.96. The van der Waals surface area contributed by atoms with Gasteiger partial charge in [-0.3, -0.25) is 9.78 Å². The highest BCUT2D eigenvalue weighted by Gasteiger charge is 2.44. The molecule has 0 saturated carbocycles. The molecule has 9 heteroatoms. The Balaban J connectivity index is 0.00000300. The van der Waals surface area contributed by atoms with E-state index in [0.29, 0.717) is 33.1 Å². The Morgan fingerprint density at radius 2 is 1.83 bits per heavy atom. The predicted octanol–water partition coefficient (Wildman–Crippen LogP) is 3.59. The van der Waals surface area contributed by atoms with Crippen LogP contribution in [-0.2, 0) is 21.8 Å². The number of hydrogen-bond acceptors (Lipinski definition) is 4. The molecule has 0 amide bonds. The van der Waals surface area contributed by atoms with Crippen molar-refractivity contribution in [3.63, 3.8) is 0 Å². The third-order valence-electron chi connectivity index (χ3n) is 5.02. The molecule has 0 aliphatic heterocycles. The molecule has 1 aromatic carbocycles. The number of sulfonamides is 1. The first kappa shape index (κ1) is 23.1. The second-order valence-electron chi connectivity index (χ2n) is 6.78. The van der Waals surface area contributed by atoms with Crippen molar-refractivity contribution in [2.45, 2.75) is 18.6 Å². The van der Waals surface area contributed by atoms with Crippen LogP contribution in [0.1, 0.15) is 39.8 Å². The summed E-state index contributed by atoms with van der Waals surface area (Å²) in [6.07, 6.45) is 3.02. The molecule has 0 aliphatic carbocycles. The topological polar surface area (TPSA) is 95.0 Å². The van der Waals surface area contributed by atoms with E-state index in [1.165, 1.54) is 13.1 Å². The lowest BCUT2D eigenvalue weighted by molar-refractivity contribution is 0.103. The van der Waals surface area contributed by atoms with Crippen molar-refractivity contribution in [2.24, 2.45) is 12.2 Å². The molecule has 1 unspecified atom stereocenters. The maximum atomic E-state index is 13.1. The van der Waals surface area contributed by atoms with Gasteiger partial charge in [0.1, 0.15) is 4.75 Å². The van der Waals surface area contributed by atoms with Crippen molar-refractivity contribution >= 4 is 39.8 Å². The minimum absolute atomic E-state index is 0. The number of pyridine rings is 1. The Hall–Kier alpha value is -2.19. The Morgan fingerprint density at radius 1 is 1.21 bits per heavy atom. The quantitative estimate of drug-likeness (QED) is 0.596. The van der Waals surface area contributed by atoms with Crippen molar-refractivity contribution in [1.29, 1.82) is 0 Å². The van der Waals surface area contributed by atoms with Crippen LogP contribution in [0.25, 0.3) is 0 Å². The largest absolute Gasteiger partial charge is 0.343 e. The van der Waals surface area contributed by atoms with Gasteiger partial charge in [0.25, 0.3) is 0 Å². The summed E-state index contributed by atoms with van der Waals surface area (Å²) in [7, 11) is -2.42. The van der Waals surface area contributed by atoms with Gasteiger partial charge in [-0.15, -0.1) is 12.4 Å². The number of rotatable bonds is 5. The molecule has 154 valence electrons. The zero-order chi connectivity index (χ0) is 20.7. The molecule has 0 bridgehead atoms. The minimum atomic E-state index is -4.08. The summed E-state index contributed by atoms with van der Waals surface area (Å²) in [4.78, 5) is 17.1. The normalized spacial score (nSPS) is 13.4. The zero-order valence-corrected chi connectivity index (χ0v) is 18.5. The highest BCUT2D eigenvalue weighted by molar-refractivity contribution is 7.90. The number of nitrogens with two attached hydrogens (primary N) is 1. The number of aromatic nitrogens is 2. The molecule has 29 heavy (non-hydrogen) atoms. The van der Waals surface area contributed by atoms with E-state index in [9.17, 15) is 13.2 Å². The number of benzene rings is 1. The fourth-order valence-corrected chi connectivity index (χ4v) is 4.45. The number of carbonyl (C=O) groups is 1. The van der Waals surface area contributed by atoms with Crippen molar-refractivity contribution in [3.8, 4) is 0 Å². The van der Waals surface area contributed by atoms with E-state index in [2.05, 4.69) is 4.98 Å². The number of ketones is 1. The summed E-state index contributed by atoms with van der Waals surface area (Å²) in [6, 6.07) is 11.5. The van der Waals surface area contributed by atoms with Gasteiger partial charge in [-0.05, 0) is 61.4 Å². The summed E-state index contributed by atoms with van der Waals surface area (Å²) in [5.74, 6) is -0.231. The molecule has 0 spiro atoms. The molecular weight excluding hydrogens is 433 g/mol. The summed E-state index contributed by atoms with van der Waals surface area (Å²) in [5, 5.41) is 6.17. The highest BCUT2D eigenvalue weighted by atomic mass is 35.5. The van der Waals surface area contributed by atoms with E-state index in [1.807, 2.05) is 0 Å². The van der Waals surface area contributed by atoms with Crippen molar-refractivity contribution in [2.75, 3.05) is 0 Å². The van der Waals surface area contributed by atoms with Gasteiger partial charge >= 0.3 is 0 Å². The number of carbonyl (C=O) groups excluding carboxylic acids is 1. The molecule has 6 nitrogen and oxygen atoms in total. The fraction of sp³-hybridized carbons (Fsp3) is 0.200. The van der Waals surface area contributed by atoms with E-state index < -0.39 is 14.8 Å². The van der Waals surface area contributed by atoms with Crippen LogP contribution in [0.3, 0.4) is 0 Å². The molecule has 0 saturated heterocycles. The zero-order valence-electron chi connectivity index (χ0n) is 16.1. The smallest absolute Gasteiger partial charge is 0.224 e. The lowest BCUT2D eigenvalue weighted by Crippen LogP contribution is -2.41. The summed E-state index contributed by atoms with van der Waals surface area (Å²) >= 11 is 5.90. The van der Waals surface area contributed by atoms with Crippen LogP contribution in [-0.4, -0.2) is 23.8 Å². The Morgan fingerprint density at radius 3 is 2.34 bits per heavy atom. The van der Waals surface area contributed by atoms with Crippen LogP contribution >= 0.6 is 24.0 Å². The van der Waals surface area contributed by atoms with E-state index in [1.54, 1.807) is 67.2 Å². The van der Waals surface area contributed by atoms with Gasteiger partial charge in [0, 0.05) is 35.7 Å². The van der Waals surface area contributed by atoms with Crippen molar-refractivity contribution in [1.82, 2.24) is 9.55 Å². The molecule has 0 aliphatic rings. The molecule has 2 heterocycles. The molecule has 2 N–H and O–H groups in total. The average molecular weight is 454 g/mol. The first-order valence-corrected chi connectivity index (χ1v) is 10.4. The van der Waals surface area contributed by atoms with Crippen LogP contribution < -0.4 is 5.14 Å². The average Bonchev–Trinajstić information content (AvgIpc) is 2.95. The first-order valence-electron chi connectivity index (χ1n) is 8.47. The molecule has 0 radical (unpaired) electrons. The van der Waals surface area contributed by atoms with E-state index in [4.69, 9.17) is 16.7 Å². The van der Waals surface area contributed by atoms with Crippen LogP contribution in [0.2, 0.25) is 5.02 Å². The highest BCUT2D eigenvalue weighted by Crippen LogP contribution is 2.37. The van der Waals surface area contributed by atoms with Gasteiger partial charge < -0.3 is 4.57 Å². The fourth-order valence-electron chi connectivity index (χ4n) is 3.39. The second kappa shape index (κ2) is 8.28. The van der Waals surface area contributed by atoms with Gasteiger partial charge in [-0.2, -0.15) is 0 Å². The molecular formula is C20H21Cl2N3O3S. The van der Waals surface area contributed by atoms with Crippen LogP contribution in [0.5, 0.6) is 0 Å². The molecule has 2 aromatic heterocycles. The maximum Gasteiger partial charge on any atom is 0.224 e. The number of primary sulfonamides is 1. The first-order chi connectivity index (χ1) is 13.1. The van der Waals surface area contributed by atoms with Crippen LogP contribution in [0.15, 0.2) is 54.9 Å². The lowest BCUT2D eigenvalue weighted by atomic mass is 9.98. The molecule has 0 fully saturated rings. The summed E-state index contributed by atoms with van der Waals surface area (Å²) in [6.45, 7) is 3.28. The number of hydrogen-bond donors (Lipinski definition) is 1. The van der Waals surface area contributed by atoms with Crippen LogP contribution in [0.4, 0.5) is 0 Å². The van der Waals surface area contributed by atoms with Crippen molar-refractivity contribution in [3.05, 3.63) is 88.0 Å². The lowest BCUT2D eigenvalue weighted by Gasteiger charge is -2.28. The van der Waals surface area contributed by atoms with Gasteiger partial charge in [0.2, 0.25) is 15.8 Å². The second-order valence-corrected chi connectivity index (χ2v) is 9.12. The SMILES string of the molecule is Cc1cc(C(C)(c2cccnc2)S(N)(=O)=O)n(C)c1C(=O)c1ccc(Cl)cc1.Cl. The van der Waals surface area contributed by atoms with Gasteiger partial charge in [0.05, 0.1) is 5.69 Å². The molecule has 1 atom stereocenters. The monoisotopic (exact) mass is 453 g/mol. The van der Waals surface area contributed by atoms with E-state index >= 15 is 0 Å². The number of halogens is 2. The molecule has 3 aromatic rings. The van der Waals surface area contributed by atoms with E-state index in [0.717, 1.165) is 0 Å².